The minimum Gasteiger partial charge on any atom is -0.489 e. The van der Waals surface area contributed by atoms with Crippen LogP contribution in [0.4, 0.5) is 0 Å². The van der Waals surface area contributed by atoms with Gasteiger partial charge in [-0.3, -0.25) is 0 Å². The summed E-state index contributed by atoms with van der Waals surface area (Å²) in [5.41, 5.74) is 2.29. The largest absolute Gasteiger partial charge is 0.489 e. The summed E-state index contributed by atoms with van der Waals surface area (Å²) in [5, 5.41) is 0. The smallest absolute Gasteiger partial charge is 0.119 e. The van der Waals surface area contributed by atoms with Crippen LogP contribution in [0.1, 0.15) is 11.1 Å². The molecule has 1 nitrogen and oxygen atoms in total. The minimum atomic E-state index is 0.599. The number of rotatable bonds is 4. The summed E-state index contributed by atoms with van der Waals surface area (Å²) in [4.78, 5) is 0. The van der Waals surface area contributed by atoms with Crippen molar-refractivity contribution in [1.29, 1.82) is 0 Å². The van der Waals surface area contributed by atoms with Crippen molar-refractivity contribution in [2.75, 3.05) is 0 Å². The van der Waals surface area contributed by atoms with Crippen molar-refractivity contribution in [2.24, 2.45) is 0 Å². The number of benzene rings is 2. The first kappa shape index (κ1) is 10.5. The van der Waals surface area contributed by atoms with E-state index in [1.807, 2.05) is 48.5 Å². The van der Waals surface area contributed by atoms with E-state index in [1.54, 1.807) is 0 Å². The number of hydrogen-bond donors (Lipinski definition) is 0. The van der Waals surface area contributed by atoms with E-state index in [0.717, 1.165) is 16.9 Å². The normalized spacial score (nSPS) is 9.75. The molecule has 0 heterocycles. The van der Waals surface area contributed by atoms with Gasteiger partial charge in [0.25, 0.3) is 0 Å². The van der Waals surface area contributed by atoms with Crippen molar-refractivity contribution in [3.63, 3.8) is 0 Å². The van der Waals surface area contributed by atoms with Gasteiger partial charge < -0.3 is 4.74 Å². The van der Waals surface area contributed by atoms with Gasteiger partial charge in [0.15, 0.2) is 0 Å². The lowest BCUT2D eigenvalue weighted by atomic mass is 10.1. The first-order chi connectivity index (χ1) is 7.88. The van der Waals surface area contributed by atoms with Crippen LogP contribution in [-0.2, 0) is 6.61 Å². The third kappa shape index (κ3) is 2.74. The molecular formula is C15H14O. The summed E-state index contributed by atoms with van der Waals surface area (Å²) < 4.78 is 5.64. The van der Waals surface area contributed by atoms with Crippen molar-refractivity contribution < 1.29 is 4.74 Å². The van der Waals surface area contributed by atoms with Gasteiger partial charge in [-0.1, -0.05) is 55.1 Å². The van der Waals surface area contributed by atoms with Crippen molar-refractivity contribution in [3.05, 3.63) is 72.3 Å². The molecule has 2 aromatic rings. The quantitative estimate of drug-likeness (QED) is 0.743. The topological polar surface area (TPSA) is 9.23 Å². The van der Waals surface area contributed by atoms with E-state index in [4.69, 9.17) is 4.74 Å². The second-order valence-electron chi connectivity index (χ2n) is 3.55. The zero-order valence-electron chi connectivity index (χ0n) is 9.10. The van der Waals surface area contributed by atoms with Crippen molar-refractivity contribution in [2.45, 2.75) is 6.61 Å². The highest BCUT2D eigenvalue weighted by Crippen LogP contribution is 2.12. The molecule has 0 saturated carbocycles. The highest BCUT2D eigenvalue weighted by Gasteiger charge is 1.94. The first-order valence-corrected chi connectivity index (χ1v) is 5.28. The van der Waals surface area contributed by atoms with Crippen LogP contribution in [0.3, 0.4) is 0 Å². The maximum Gasteiger partial charge on any atom is 0.119 e. The van der Waals surface area contributed by atoms with Crippen LogP contribution in [0.2, 0.25) is 0 Å². The monoisotopic (exact) mass is 210 g/mol. The summed E-state index contributed by atoms with van der Waals surface area (Å²) in [5.74, 6) is 0.898. The zero-order chi connectivity index (χ0) is 11.2. The van der Waals surface area contributed by atoms with E-state index in [1.165, 1.54) is 0 Å². The molecule has 16 heavy (non-hydrogen) atoms. The molecule has 0 spiro atoms. The molecule has 0 aliphatic rings. The average Bonchev–Trinajstić information content (AvgIpc) is 2.38. The van der Waals surface area contributed by atoms with Crippen LogP contribution in [0.15, 0.2) is 61.2 Å². The van der Waals surface area contributed by atoms with Gasteiger partial charge in [-0.15, -0.1) is 0 Å². The lowest BCUT2D eigenvalue weighted by Crippen LogP contribution is -1.94. The van der Waals surface area contributed by atoms with Crippen LogP contribution >= 0.6 is 0 Å². The summed E-state index contributed by atoms with van der Waals surface area (Å²) in [6.07, 6.45) is 1.84. The third-order valence-corrected chi connectivity index (χ3v) is 2.36. The number of ether oxygens (including phenoxy) is 1. The number of hydrogen-bond acceptors (Lipinski definition) is 1. The van der Waals surface area contributed by atoms with Crippen molar-refractivity contribution in [3.8, 4) is 5.75 Å². The van der Waals surface area contributed by atoms with Crippen LogP contribution in [0.5, 0.6) is 5.75 Å². The van der Waals surface area contributed by atoms with Gasteiger partial charge in [-0.2, -0.15) is 0 Å². The van der Waals surface area contributed by atoms with Crippen LogP contribution in [-0.4, -0.2) is 0 Å². The molecule has 0 unspecified atom stereocenters. The van der Waals surface area contributed by atoms with Gasteiger partial charge in [-0.25, -0.2) is 0 Å². The van der Waals surface area contributed by atoms with E-state index in [-0.39, 0.29) is 0 Å². The lowest BCUT2D eigenvalue weighted by Gasteiger charge is -2.06. The van der Waals surface area contributed by atoms with Gasteiger partial charge in [0.1, 0.15) is 12.4 Å². The van der Waals surface area contributed by atoms with E-state index < -0.39 is 0 Å². The van der Waals surface area contributed by atoms with Gasteiger partial charge in [0, 0.05) is 0 Å². The summed E-state index contributed by atoms with van der Waals surface area (Å²) in [7, 11) is 0. The van der Waals surface area contributed by atoms with Crippen LogP contribution < -0.4 is 4.74 Å². The Kier molecular flexibility index (Phi) is 3.39. The zero-order valence-corrected chi connectivity index (χ0v) is 9.10. The molecule has 0 radical (unpaired) electrons. The molecule has 2 rings (SSSR count). The van der Waals surface area contributed by atoms with E-state index >= 15 is 0 Å². The molecule has 0 fully saturated rings. The molecule has 0 aliphatic carbocycles. The standard InChI is InChI=1S/C15H14O/c1-2-13-8-10-14(11-9-13)12-16-15-6-4-3-5-7-15/h2-11H,1,12H2. The fourth-order valence-corrected chi connectivity index (χ4v) is 1.43. The lowest BCUT2D eigenvalue weighted by molar-refractivity contribution is 0.306. The maximum atomic E-state index is 5.64. The molecule has 0 aromatic heterocycles. The molecule has 2 aromatic carbocycles. The fraction of sp³-hybridized carbons (Fsp3) is 0.0667. The average molecular weight is 210 g/mol. The molecule has 0 saturated heterocycles. The summed E-state index contributed by atoms with van der Waals surface area (Å²) in [6, 6.07) is 18.0. The van der Waals surface area contributed by atoms with E-state index in [9.17, 15) is 0 Å². The Bertz CT molecular complexity index is 443. The highest BCUT2D eigenvalue weighted by atomic mass is 16.5. The molecular weight excluding hydrogens is 196 g/mol. The van der Waals surface area contributed by atoms with Gasteiger partial charge in [0.2, 0.25) is 0 Å². The Hall–Kier alpha value is -2.02. The molecule has 80 valence electrons. The predicted molar refractivity (Wildman–Crippen MR) is 67.3 cm³/mol. The molecule has 0 bridgehead atoms. The van der Waals surface area contributed by atoms with Gasteiger partial charge in [-0.05, 0) is 23.3 Å². The predicted octanol–water partition coefficient (Wildman–Crippen LogP) is 3.91. The summed E-state index contributed by atoms with van der Waals surface area (Å²) in [6.45, 7) is 4.32. The van der Waals surface area contributed by atoms with Gasteiger partial charge >= 0.3 is 0 Å². The molecule has 0 N–H and O–H groups in total. The van der Waals surface area contributed by atoms with Gasteiger partial charge in [0.05, 0.1) is 0 Å². The SMILES string of the molecule is C=Cc1ccc(COc2ccccc2)cc1. The van der Waals surface area contributed by atoms with Crippen molar-refractivity contribution in [1.82, 2.24) is 0 Å². The van der Waals surface area contributed by atoms with E-state index in [0.29, 0.717) is 6.61 Å². The second-order valence-corrected chi connectivity index (χ2v) is 3.55. The molecule has 1 heteroatoms. The van der Waals surface area contributed by atoms with Crippen molar-refractivity contribution >= 4 is 6.08 Å². The molecule has 0 aliphatic heterocycles. The Morgan fingerprint density at radius 3 is 2.25 bits per heavy atom. The second kappa shape index (κ2) is 5.17. The van der Waals surface area contributed by atoms with E-state index in [2.05, 4.69) is 18.7 Å². The number of para-hydroxylation sites is 1. The Labute approximate surface area is 96.0 Å². The fourth-order valence-electron chi connectivity index (χ4n) is 1.43. The Morgan fingerprint density at radius 2 is 1.62 bits per heavy atom. The van der Waals surface area contributed by atoms with Crippen LogP contribution in [0.25, 0.3) is 6.08 Å². The molecule has 0 amide bonds. The maximum absolute atomic E-state index is 5.64. The Balaban J connectivity index is 1.97. The first-order valence-electron chi connectivity index (χ1n) is 5.28. The summed E-state index contributed by atoms with van der Waals surface area (Å²) >= 11 is 0. The highest BCUT2D eigenvalue weighted by molar-refractivity contribution is 5.47. The Morgan fingerprint density at radius 1 is 0.938 bits per heavy atom. The third-order valence-electron chi connectivity index (χ3n) is 2.36. The van der Waals surface area contributed by atoms with Crippen LogP contribution in [0, 0.1) is 0 Å². The molecule has 0 atom stereocenters. The minimum absolute atomic E-state index is 0.599.